The lowest BCUT2D eigenvalue weighted by atomic mass is 10.1. The first-order chi connectivity index (χ1) is 15.8. The molecule has 2 aromatic rings. The molecule has 33 heavy (non-hydrogen) atoms. The van der Waals surface area contributed by atoms with Crippen LogP contribution in [0.2, 0.25) is 0 Å². The summed E-state index contributed by atoms with van der Waals surface area (Å²) in [5.74, 6) is -1.47. The van der Waals surface area contributed by atoms with E-state index >= 15 is 0 Å². The molecule has 3 atom stereocenters. The van der Waals surface area contributed by atoms with Crippen molar-refractivity contribution >= 4 is 23.7 Å². The zero-order valence-corrected chi connectivity index (χ0v) is 19.8. The van der Waals surface area contributed by atoms with Crippen molar-refractivity contribution in [2.75, 3.05) is 18.9 Å². The molecule has 0 fully saturated rings. The highest BCUT2D eigenvalue weighted by Gasteiger charge is 2.33. The first-order valence-electron chi connectivity index (χ1n) is 11.0. The summed E-state index contributed by atoms with van der Waals surface area (Å²) in [6.07, 6.45) is -1.75. The van der Waals surface area contributed by atoms with Gasteiger partial charge in [-0.2, -0.15) is 0 Å². The van der Waals surface area contributed by atoms with Crippen molar-refractivity contribution in [2.24, 2.45) is 0 Å². The molecule has 0 radical (unpaired) electrons. The molecule has 0 heterocycles. The molecule has 0 spiro atoms. The van der Waals surface area contributed by atoms with Gasteiger partial charge >= 0.3 is 0 Å². The van der Waals surface area contributed by atoms with E-state index in [1.165, 1.54) is 11.1 Å². The molecule has 3 unspecified atom stereocenters. The van der Waals surface area contributed by atoms with Crippen molar-refractivity contribution in [1.29, 1.82) is 5.41 Å². The Morgan fingerprint density at radius 3 is 2.15 bits per heavy atom. The number of nitrogens with one attached hydrogen (secondary N) is 3. The van der Waals surface area contributed by atoms with Crippen LogP contribution >= 0.6 is 0 Å². The minimum absolute atomic E-state index is 0.299. The maximum Gasteiger partial charge on any atom is 0.254 e. The number of amides is 2. The highest BCUT2D eigenvalue weighted by Crippen LogP contribution is 2.16. The number of hydrogen-bond donors (Lipinski definition) is 5. The van der Waals surface area contributed by atoms with Crippen LogP contribution in [0.4, 0.5) is 5.69 Å². The Labute approximate surface area is 196 Å². The van der Waals surface area contributed by atoms with Crippen molar-refractivity contribution in [1.82, 2.24) is 10.2 Å². The topological polar surface area (TPSA) is 126 Å². The second-order valence-electron chi connectivity index (χ2n) is 7.53. The van der Waals surface area contributed by atoms with E-state index in [1.807, 2.05) is 68.6 Å². The molecule has 180 valence electrons. The Balaban J connectivity index is 0.00000172. The number of carbonyl (C=O) groups is 2. The number of hydrogen-bond acceptors (Lipinski definition) is 6. The first-order valence-corrected chi connectivity index (χ1v) is 11.0. The van der Waals surface area contributed by atoms with Crippen LogP contribution in [0, 0.1) is 5.41 Å². The van der Waals surface area contributed by atoms with Gasteiger partial charge in [0.25, 0.3) is 11.8 Å². The Hall–Kier alpha value is -3.23. The highest BCUT2D eigenvalue weighted by molar-refractivity contribution is 5.90. The van der Waals surface area contributed by atoms with Gasteiger partial charge in [-0.15, -0.1) is 0 Å². The van der Waals surface area contributed by atoms with Gasteiger partial charge in [-0.1, -0.05) is 49.4 Å². The molecule has 0 aliphatic heterocycles. The number of carbonyl (C=O) groups excluding carboxylic acids is 2. The van der Waals surface area contributed by atoms with Gasteiger partial charge in [0.1, 0.15) is 0 Å². The lowest BCUT2D eigenvalue weighted by Crippen LogP contribution is -2.51. The maximum atomic E-state index is 12.7. The molecule has 2 aromatic carbocycles. The molecule has 5 N–H and O–H groups in total. The van der Waals surface area contributed by atoms with E-state index in [1.54, 1.807) is 13.8 Å². The monoisotopic (exact) mass is 456 g/mol. The number of nitrogens with zero attached hydrogens (tertiary/aromatic N) is 1. The molecule has 0 saturated carbocycles. The molecular weight excluding hydrogens is 420 g/mol. The Morgan fingerprint density at radius 2 is 1.64 bits per heavy atom. The lowest BCUT2D eigenvalue weighted by Gasteiger charge is -2.27. The second kappa shape index (κ2) is 14.8. The van der Waals surface area contributed by atoms with Gasteiger partial charge in [0.15, 0.2) is 12.2 Å². The van der Waals surface area contributed by atoms with Crippen molar-refractivity contribution in [2.45, 2.75) is 52.0 Å². The zero-order chi connectivity index (χ0) is 24.8. The van der Waals surface area contributed by atoms with E-state index in [9.17, 15) is 19.8 Å². The quantitative estimate of drug-likeness (QED) is 0.352. The van der Waals surface area contributed by atoms with E-state index in [0.717, 1.165) is 16.8 Å². The summed E-state index contributed by atoms with van der Waals surface area (Å²) in [4.78, 5) is 26.6. The van der Waals surface area contributed by atoms with Crippen LogP contribution in [-0.4, -0.2) is 58.9 Å². The van der Waals surface area contributed by atoms with E-state index in [2.05, 4.69) is 10.6 Å². The van der Waals surface area contributed by atoms with Gasteiger partial charge < -0.3 is 31.2 Å². The normalized spacial score (nSPS) is 12.9. The fraction of sp³-hybridized carbons (Fsp3) is 0.400. The van der Waals surface area contributed by atoms with E-state index in [0.29, 0.717) is 19.5 Å². The summed E-state index contributed by atoms with van der Waals surface area (Å²) < 4.78 is 0. The largest absolute Gasteiger partial charge is 0.388 e. The summed E-state index contributed by atoms with van der Waals surface area (Å²) in [6.45, 7) is 6.06. The number of rotatable bonds is 10. The summed E-state index contributed by atoms with van der Waals surface area (Å²) in [5, 5.41) is 32.4. The van der Waals surface area contributed by atoms with Crippen molar-refractivity contribution in [3.8, 4) is 0 Å². The van der Waals surface area contributed by atoms with E-state index in [4.69, 9.17) is 5.41 Å². The Morgan fingerprint density at radius 1 is 1.06 bits per heavy atom. The van der Waals surface area contributed by atoms with Crippen LogP contribution in [0.3, 0.4) is 0 Å². The fourth-order valence-corrected chi connectivity index (χ4v) is 3.13. The van der Waals surface area contributed by atoms with Crippen LogP contribution in [0.1, 0.15) is 44.4 Å². The van der Waals surface area contributed by atoms with Gasteiger partial charge in [-0.05, 0) is 49.7 Å². The minimum Gasteiger partial charge on any atom is -0.388 e. The smallest absolute Gasteiger partial charge is 0.254 e. The average molecular weight is 457 g/mol. The molecule has 8 nitrogen and oxygen atoms in total. The van der Waals surface area contributed by atoms with Gasteiger partial charge in [-0.25, -0.2) is 0 Å². The molecule has 0 aromatic heterocycles. The summed E-state index contributed by atoms with van der Waals surface area (Å²) in [6, 6.07) is 16.4. The third-order valence-corrected chi connectivity index (χ3v) is 4.90. The highest BCUT2D eigenvalue weighted by atomic mass is 16.3. The number of aliphatic hydroxyl groups is 2. The Bertz CT molecular complexity index is 858. The summed E-state index contributed by atoms with van der Waals surface area (Å²) >= 11 is 0. The first kappa shape index (κ1) is 27.8. The molecule has 2 rings (SSSR count). The van der Waals surface area contributed by atoms with Gasteiger partial charge in [0, 0.05) is 25.8 Å². The molecular formula is C25H36N4O4. The molecule has 0 aliphatic rings. The van der Waals surface area contributed by atoms with Crippen LogP contribution in [0.25, 0.3) is 0 Å². The molecule has 0 bridgehead atoms. The molecule has 0 saturated heterocycles. The van der Waals surface area contributed by atoms with Crippen LogP contribution in [0.15, 0.2) is 54.6 Å². The van der Waals surface area contributed by atoms with Crippen molar-refractivity contribution < 1.29 is 19.8 Å². The lowest BCUT2D eigenvalue weighted by molar-refractivity contribution is -0.153. The van der Waals surface area contributed by atoms with Crippen molar-refractivity contribution in [3.05, 3.63) is 65.7 Å². The fourth-order valence-electron chi connectivity index (χ4n) is 3.13. The van der Waals surface area contributed by atoms with E-state index in [-0.39, 0.29) is 0 Å². The second-order valence-corrected chi connectivity index (χ2v) is 7.53. The predicted octanol–water partition coefficient (Wildman–Crippen LogP) is 2.72. The molecule has 2 amide bonds. The van der Waals surface area contributed by atoms with Crippen LogP contribution in [0.5, 0.6) is 0 Å². The van der Waals surface area contributed by atoms with Crippen LogP contribution < -0.4 is 10.6 Å². The third-order valence-electron chi connectivity index (χ3n) is 4.90. The molecule has 8 heteroatoms. The van der Waals surface area contributed by atoms with Crippen molar-refractivity contribution in [3.63, 3.8) is 0 Å². The van der Waals surface area contributed by atoms with Crippen LogP contribution in [-0.2, 0) is 16.1 Å². The third kappa shape index (κ3) is 9.03. The van der Waals surface area contributed by atoms with Gasteiger partial charge in [0.2, 0.25) is 0 Å². The van der Waals surface area contributed by atoms with E-state index < -0.39 is 30.1 Å². The van der Waals surface area contributed by atoms with Gasteiger partial charge in [0.05, 0.1) is 6.04 Å². The number of benzene rings is 2. The Kier molecular flexibility index (Phi) is 12.4. The molecule has 0 aliphatic carbocycles. The number of aliphatic hydroxyl groups excluding tert-OH is 2. The standard InChI is InChI=1S/C23H31N3O4.C2H5N/c1-4-14-26(15-17-8-6-5-7-9-17)23(30)21(28)20(27)22(29)25-16(2)18-10-12-19(24-3)13-11-18;1-2-3/h5-13,16,20-21,24,27-28H,4,14-15H2,1-3H3,(H,25,29);2-3H,1H3. The minimum atomic E-state index is -1.85. The SMILES string of the molecule is CC=N.CCCN(Cc1ccccc1)C(=O)C(O)C(O)C(=O)NC(C)c1ccc(NC)cc1. The summed E-state index contributed by atoms with van der Waals surface area (Å²) in [7, 11) is 1.81. The predicted molar refractivity (Wildman–Crippen MR) is 131 cm³/mol. The zero-order valence-electron chi connectivity index (χ0n) is 19.8. The number of anilines is 1. The van der Waals surface area contributed by atoms with Gasteiger partial charge in [-0.3, -0.25) is 9.59 Å². The average Bonchev–Trinajstić information content (AvgIpc) is 2.83. The maximum absolute atomic E-state index is 12.7. The summed E-state index contributed by atoms with van der Waals surface area (Å²) in [5.41, 5.74) is 2.68.